The standard InChI is InChI=1S/C9H14N2/c1-6(2)9-7(3)5-10-8(4)11-9/h6,10H,3-5H2,1-2H3. The molecule has 0 amide bonds. The molecule has 0 fully saturated rings. The predicted octanol–water partition coefficient (Wildman–Crippen LogP) is 1.71. The van der Waals surface area contributed by atoms with Crippen LogP contribution in [0.3, 0.4) is 0 Å². The van der Waals surface area contributed by atoms with Crippen molar-refractivity contribution < 1.29 is 0 Å². The van der Waals surface area contributed by atoms with Gasteiger partial charge in [-0.05, 0) is 11.5 Å². The Morgan fingerprint density at radius 2 is 2.09 bits per heavy atom. The number of hydrogen-bond acceptors (Lipinski definition) is 2. The maximum absolute atomic E-state index is 4.27. The van der Waals surface area contributed by atoms with E-state index in [-0.39, 0.29) is 0 Å². The second-order valence-corrected chi connectivity index (χ2v) is 3.06. The van der Waals surface area contributed by atoms with Crippen LogP contribution in [-0.2, 0) is 0 Å². The molecular formula is C9H14N2. The average molecular weight is 150 g/mol. The number of nitrogens with one attached hydrogen (secondary N) is 1. The second kappa shape index (κ2) is 2.91. The first-order valence-electron chi connectivity index (χ1n) is 3.80. The SMILES string of the molecule is C=C1N=C(C(C)C)C(=C)CN1. The highest BCUT2D eigenvalue weighted by molar-refractivity contribution is 6.02. The first-order chi connectivity index (χ1) is 5.11. The van der Waals surface area contributed by atoms with E-state index < -0.39 is 0 Å². The van der Waals surface area contributed by atoms with Crippen molar-refractivity contribution in [3.05, 3.63) is 24.6 Å². The minimum Gasteiger partial charge on any atom is -0.366 e. The fraction of sp³-hybridized carbons (Fsp3) is 0.444. The molecular weight excluding hydrogens is 136 g/mol. The minimum absolute atomic E-state index is 0.446. The van der Waals surface area contributed by atoms with Crippen LogP contribution in [-0.4, -0.2) is 12.3 Å². The van der Waals surface area contributed by atoms with Crippen LogP contribution in [0, 0.1) is 5.92 Å². The minimum atomic E-state index is 0.446. The van der Waals surface area contributed by atoms with E-state index in [0.29, 0.717) is 5.92 Å². The molecule has 1 aliphatic rings. The topological polar surface area (TPSA) is 24.4 Å². The molecule has 0 spiro atoms. The van der Waals surface area contributed by atoms with Gasteiger partial charge in [0.25, 0.3) is 0 Å². The Kier molecular flexibility index (Phi) is 2.13. The molecule has 1 heterocycles. The monoisotopic (exact) mass is 150 g/mol. The lowest BCUT2D eigenvalue weighted by molar-refractivity contribution is 0.802. The van der Waals surface area contributed by atoms with Crippen molar-refractivity contribution in [2.24, 2.45) is 10.9 Å². The van der Waals surface area contributed by atoms with Crippen molar-refractivity contribution in [1.82, 2.24) is 5.32 Å². The van der Waals surface area contributed by atoms with Crippen LogP contribution in [0.1, 0.15) is 13.8 Å². The summed E-state index contributed by atoms with van der Waals surface area (Å²) in [5.41, 5.74) is 2.15. The summed E-state index contributed by atoms with van der Waals surface area (Å²) in [6.45, 7) is 12.7. The average Bonchev–Trinajstić information content (AvgIpc) is 1.94. The molecule has 1 rings (SSSR count). The molecule has 0 atom stereocenters. The molecule has 60 valence electrons. The van der Waals surface area contributed by atoms with E-state index in [2.05, 4.69) is 37.3 Å². The predicted molar refractivity (Wildman–Crippen MR) is 48.6 cm³/mol. The Morgan fingerprint density at radius 3 is 2.55 bits per heavy atom. The first kappa shape index (κ1) is 8.05. The van der Waals surface area contributed by atoms with Crippen molar-refractivity contribution in [3.63, 3.8) is 0 Å². The maximum Gasteiger partial charge on any atom is 0.119 e. The van der Waals surface area contributed by atoms with Gasteiger partial charge < -0.3 is 5.32 Å². The van der Waals surface area contributed by atoms with E-state index in [4.69, 9.17) is 0 Å². The molecule has 0 aromatic rings. The summed E-state index contributed by atoms with van der Waals surface area (Å²) in [5.74, 6) is 1.20. The second-order valence-electron chi connectivity index (χ2n) is 3.06. The van der Waals surface area contributed by atoms with Crippen LogP contribution >= 0.6 is 0 Å². The molecule has 2 heteroatoms. The van der Waals surface area contributed by atoms with Crippen molar-refractivity contribution >= 4 is 5.71 Å². The number of rotatable bonds is 1. The van der Waals surface area contributed by atoms with Crippen LogP contribution in [0.2, 0.25) is 0 Å². The van der Waals surface area contributed by atoms with Crippen LogP contribution < -0.4 is 5.32 Å². The van der Waals surface area contributed by atoms with E-state index in [1.54, 1.807) is 0 Å². The van der Waals surface area contributed by atoms with Crippen LogP contribution in [0.4, 0.5) is 0 Å². The Morgan fingerprint density at radius 1 is 1.45 bits per heavy atom. The molecule has 11 heavy (non-hydrogen) atoms. The molecule has 0 saturated carbocycles. The number of hydrogen-bond donors (Lipinski definition) is 1. The Bertz CT molecular complexity index is 224. The van der Waals surface area contributed by atoms with Crippen LogP contribution in [0.5, 0.6) is 0 Å². The summed E-state index contributed by atoms with van der Waals surface area (Å²) in [6.07, 6.45) is 0. The first-order valence-corrected chi connectivity index (χ1v) is 3.80. The molecule has 1 N–H and O–H groups in total. The molecule has 0 radical (unpaired) electrons. The van der Waals surface area contributed by atoms with Crippen LogP contribution in [0.15, 0.2) is 29.5 Å². The normalized spacial score (nSPS) is 18.3. The van der Waals surface area contributed by atoms with Crippen molar-refractivity contribution in [3.8, 4) is 0 Å². The lowest BCUT2D eigenvalue weighted by Crippen LogP contribution is -2.27. The summed E-state index contributed by atoms with van der Waals surface area (Å²) in [4.78, 5) is 4.27. The van der Waals surface area contributed by atoms with Gasteiger partial charge in [0.15, 0.2) is 0 Å². The molecule has 0 aliphatic carbocycles. The Labute approximate surface area is 67.7 Å². The molecule has 0 unspecified atom stereocenters. The number of aliphatic imine (C=N–C) groups is 1. The van der Waals surface area contributed by atoms with Gasteiger partial charge in [0.05, 0.1) is 0 Å². The zero-order valence-corrected chi connectivity index (χ0v) is 7.15. The highest BCUT2D eigenvalue weighted by atomic mass is 15.1. The molecule has 2 nitrogen and oxygen atoms in total. The van der Waals surface area contributed by atoms with Gasteiger partial charge in [0.1, 0.15) is 5.82 Å². The van der Waals surface area contributed by atoms with Crippen molar-refractivity contribution in [2.75, 3.05) is 6.54 Å². The van der Waals surface area contributed by atoms with Gasteiger partial charge in [-0.2, -0.15) is 0 Å². The molecule has 0 saturated heterocycles. The fourth-order valence-electron chi connectivity index (χ4n) is 1.10. The van der Waals surface area contributed by atoms with E-state index >= 15 is 0 Å². The zero-order valence-electron chi connectivity index (χ0n) is 7.15. The van der Waals surface area contributed by atoms with Gasteiger partial charge in [-0.15, -0.1) is 0 Å². The van der Waals surface area contributed by atoms with Gasteiger partial charge in [-0.1, -0.05) is 27.0 Å². The van der Waals surface area contributed by atoms with Crippen molar-refractivity contribution in [2.45, 2.75) is 13.8 Å². The van der Waals surface area contributed by atoms with Crippen molar-refractivity contribution in [1.29, 1.82) is 0 Å². The van der Waals surface area contributed by atoms with Gasteiger partial charge in [-0.25, -0.2) is 4.99 Å². The lowest BCUT2D eigenvalue weighted by atomic mass is 10.00. The molecule has 1 aliphatic heterocycles. The van der Waals surface area contributed by atoms with E-state index in [0.717, 1.165) is 23.7 Å². The summed E-state index contributed by atoms with van der Waals surface area (Å²) in [6, 6.07) is 0. The smallest absolute Gasteiger partial charge is 0.119 e. The summed E-state index contributed by atoms with van der Waals surface area (Å²) in [7, 11) is 0. The summed E-state index contributed by atoms with van der Waals surface area (Å²) < 4.78 is 0. The van der Waals surface area contributed by atoms with Gasteiger partial charge in [0, 0.05) is 12.3 Å². The number of nitrogens with zero attached hydrogens (tertiary/aromatic N) is 1. The quantitative estimate of drug-likeness (QED) is 0.604. The third kappa shape index (κ3) is 1.70. The third-order valence-electron chi connectivity index (χ3n) is 1.67. The van der Waals surface area contributed by atoms with Gasteiger partial charge >= 0.3 is 0 Å². The van der Waals surface area contributed by atoms with E-state index in [9.17, 15) is 0 Å². The summed E-state index contributed by atoms with van der Waals surface area (Å²) in [5, 5.41) is 3.04. The maximum atomic E-state index is 4.27. The highest BCUT2D eigenvalue weighted by Crippen LogP contribution is 2.12. The molecule has 0 aromatic carbocycles. The third-order valence-corrected chi connectivity index (χ3v) is 1.67. The zero-order chi connectivity index (χ0) is 8.43. The van der Waals surface area contributed by atoms with Gasteiger partial charge in [0.2, 0.25) is 0 Å². The fourth-order valence-corrected chi connectivity index (χ4v) is 1.10. The van der Waals surface area contributed by atoms with Crippen LogP contribution in [0.25, 0.3) is 0 Å². The highest BCUT2D eigenvalue weighted by Gasteiger charge is 2.13. The van der Waals surface area contributed by atoms with E-state index in [1.165, 1.54) is 0 Å². The Hall–Kier alpha value is -1.05. The Balaban J connectivity index is 2.88. The van der Waals surface area contributed by atoms with E-state index in [1.807, 2.05) is 0 Å². The molecule has 0 bridgehead atoms. The molecule has 0 aromatic heterocycles. The largest absolute Gasteiger partial charge is 0.366 e. The lowest BCUT2D eigenvalue weighted by Gasteiger charge is -2.20. The van der Waals surface area contributed by atoms with Gasteiger partial charge in [-0.3, -0.25) is 0 Å². The summed E-state index contributed by atoms with van der Waals surface area (Å²) >= 11 is 0.